The molecule has 0 spiro atoms. The largest absolute Gasteiger partial charge is 0.325 e. The first-order valence-electron chi connectivity index (χ1n) is 9.05. The smallest absolute Gasteiger partial charge is 0.243 e. The van der Waals surface area contributed by atoms with Crippen LogP contribution in [0.2, 0.25) is 0 Å². The minimum Gasteiger partial charge on any atom is -0.325 e. The van der Waals surface area contributed by atoms with E-state index in [1.807, 2.05) is 43.0 Å². The van der Waals surface area contributed by atoms with Crippen LogP contribution in [0.15, 0.2) is 59.5 Å². The first-order valence-corrected chi connectivity index (χ1v) is 10.5. The molecule has 0 aliphatic carbocycles. The number of piperazine rings is 1. The normalized spacial score (nSPS) is 17.4. The van der Waals surface area contributed by atoms with Crippen LogP contribution in [0.3, 0.4) is 0 Å². The predicted molar refractivity (Wildman–Crippen MR) is 106 cm³/mol. The van der Waals surface area contributed by atoms with Gasteiger partial charge in [-0.2, -0.15) is 4.31 Å². The van der Waals surface area contributed by atoms with Crippen LogP contribution in [0, 0.1) is 6.92 Å². The maximum absolute atomic E-state index is 12.7. The number of amides is 1. The number of hydrogen-bond donors (Lipinski definition) is 1. The molecule has 1 saturated heterocycles. The first-order chi connectivity index (χ1) is 12.9. The summed E-state index contributed by atoms with van der Waals surface area (Å²) in [6, 6.07) is 15.8. The van der Waals surface area contributed by atoms with Gasteiger partial charge in [0, 0.05) is 31.9 Å². The molecule has 144 valence electrons. The molecule has 1 atom stereocenters. The minimum atomic E-state index is -3.48. The number of hydrogen-bond acceptors (Lipinski definition) is 4. The first kappa shape index (κ1) is 19.5. The number of sulfonamides is 1. The van der Waals surface area contributed by atoms with Crippen molar-refractivity contribution in [3.05, 3.63) is 60.2 Å². The highest BCUT2D eigenvalue weighted by Gasteiger charge is 2.31. The highest BCUT2D eigenvalue weighted by atomic mass is 32.2. The van der Waals surface area contributed by atoms with E-state index in [-0.39, 0.29) is 11.9 Å². The standard InChI is InChI=1S/C20H25N3O3S/c1-16-7-6-8-18(15-16)21-20(24)17(2)22-11-13-23(14-12-22)27(25,26)19-9-4-3-5-10-19/h3-10,15,17H,11-14H2,1-2H3,(H,21,24). The number of carbonyl (C=O) groups excluding carboxylic acids is 1. The van der Waals surface area contributed by atoms with Crippen molar-refractivity contribution in [2.75, 3.05) is 31.5 Å². The Morgan fingerprint density at radius 2 is 1.67 bits per heavy atom. The Morgan fingerprint density at radius 3 is 2.30 bits per heavy atom. The molecule has 1 N–H and O–H groups in total. The van der Waals surface area contributed by atoms with Crippen molar-refractivity contribution in [2.24, 2.45) is 0 Å². The SMILES string of the molecule is Cc1cccc(NC(=O)C(C)N2CCN(S(=O)(=O)c3ccccc3)CC2)c1. The van der Waals surface area contributed by atoms with Gasteiger partial charge in [0.25, 0.3) is 0 Å². The molecule has 0 bridgehead atoms. The van der Waals surface area contributed by atoms with Gasteiger partial charge < -0.3 is 5.32 Å². The lowest BCUT2D eigenvalue weighted by Gasteiger charge is -2.36. The third-order valence-electron chi connectivity index (χ3n) is 4.87. The molecule has 27 heavy (non-hydrogen) atoms. The summed E-state index contributed by atoms with van der Waals surface area (Å²) < 4.78 is 26.9. The van der Waals surface area contributed by atoms with E-state index >= 15 is 0 Å². The van der Waals surface area contributed by atoms with Gasteiger partial charge in [0.1, 0.15) is 0 Å². The van der Waals surface area contributed by atoms with Gasteiger partial charge in [-0.05, 0) is 43.7 Å². The fourth-order valence-electron chi connectivity index (χ4n) is 3.21. The monoisotopic (exact) mass is 387 g/mol. The maximum Gasteiger partial charge on any atom is 0.243 e. The van der Waals surface area contributed by atoms with Gasteiger partial charge in [0.2, 0.25) is 15.9 Å². The van der Waals surface area contributed by atoms with Gasteiger partial charge in [-0.1, -0.05) is 30.3 Å². The van der Waals surface area contributed by atoms with E-state index in [1.165, 1.54) is 4.31 Å². The molecular formula is C20H25N3O3S. The second kappa shape index (κ2) is 8.21. The number of rotatable bonds is 5. The van der Waals surface area contributed by atoms with E-state index in [1.54, 1.807) is 30.3 Å². The lowest BCUT2D eigenvalue weighted by molar-refractivity contribution is -0.121. The average molecular weight is 388 g/mol. The summed E-state index contributed by atoms with van der Waals surface area (Å²) in [5.74, 6) is -0.0834. The zero-order valence-electron chi connectivity index (χ0n) is 15.6. The van der Waals surface area contributed by atoms with E-state index in [4.69, 9.17) is 0 Å². The minimum absolute atomic E-state index is 0.0834. The molecule has 1 aliphatic heterocycles. The van der Waals surface area contributed by atoms with Gasteiger partial charge in [0.15, 0.2) is 0 Å². The molecule has 1 heterocycles. The van der Waals surface area contributed by atoms with Crippen LogP contribution >= 0.6 is 0 Å². The van der Waals surface area contributed by atoms with Crippen LogP contribution in [0.5, 0.6) is 0 Å². The Balaban J connectivity index is 1.59. The second-order valence-corrected chi connectivity index (χ2v) is 8.73. The summed E-state index contributed by atoms with van der Waals surface area (Å²) in [5, 5.41) is 2.93. The molecule has 1 unspecified atom stereocenters. The van der Waals surface area contributed by atoms with Crippen molar-refractivity contribution in [3.8, 4) is 0 Å². The Labute approximate surface area is 160 Å². The van der Waals surface area contributed by atoms with Crippen LogP contribution in [0.4, 0.5) is 5.69 Å². The van der Waals surface area contributed by atoms with Gasteiger partial charge >= 0.3 is 0 Å². The van der Waals surface area contributed by atoms with Crippen LogP contribution < -0.4 is 5.32 Å². The second-order valence-electron chi connectivity index (χ2n) is 6.79. The van der Waals surface area contributed by atoms with Crippen LogP contribution in [0.1, 0.15) is 12.5 Å². The molecule has 7 heteroatoms. The van der Waals surface area contributed by atoms with Crippen molar-refractivity contribution in [1.82, 2.24) is 9.21 Å². The van der Waals surface area contributed by atoms with Crippen LogP contribution in [-0.2, 0) is 14.8 Å². The number of carbonyl (C=O) groups is 1. The van der Waals surface area contributed by atoms with Crippen molar-refractivity contribution >= 4 is 21.6 Å². The van der Waals surface area contributed by atoms with Crippen molar-refractivity contribution in [2.45, 2.75) is 24.8 Å². The highest BCUT2D eigenvalue weighted by molar-refractivity contribution is 7.89. The van der Waals surface area contributed by atoms with E-state index in [0.717, 1.165) is 11.3 Å². The van der Waals surface area contributed by atoms with Gasteiger partial charge in [-0.15, -0.1) is 0 Å². The Kier molecular flexibility index (Phi) is 5.94. The van der Waals surface area contributed by atoms with E-state index in [9.17, 15) is 13.2 Å². The summed E-state index contributed by atoms with van der Waals surface area (Å²) in [7, 11) is -3.48. The molecule has 0 radical (unpaired) electrons. The van der Waals surface area contributed by atoms with E-state index in [2.05, 4.69) is 5.32 Å². The van der Waals surface area contributed by atoms with Crippen molar-refractivity contribution < 1.29 is 13.2 Å². The third-order valence-corrected chi connectivity index (χ3v) is 6.78. The van der Waals surface area contributed by atoms with Crippen LogP contribution in [-0.4, -0.2) is 55.8 Å². The molecule has 3 rings (SSSR count). The molecule has 2 aromatic carbocycles. The predicted octanol–water partition coefficient (Wildman–Crippen LogP) is 2.33. The van der Waals surface area contributed by atoms with E-state index < -0.39 is 10.0 Å². The summed E-state index contributed by atoms with van der Waals surface area (Å²) in [6.45, 7) is 5.62. The number of nitrogens with zero attached hydrogens (tertiary/aromatic N) is 2. The molecule has 1 aliphatic rings. The summed E-state index contributed by atoms with van der Waals surface area (Å²) in [4.78, 5) is 14.9. The Bertz CT molecular complexity index is 892. The number of nitrogens with one attached hydrogen (secondary N) is 1. The summed E-state index contributed by atoms with van der Waals surface area (Å²) in [6.07, 6.45) is 0. The third kappa shape index (κ3) is 4.55. The molecule has 1 amide bonds. The molecule has 1 fully saturated rings. The number of anilines is 1. The lowest BCUT2D eigenvalue weighted by Crippen LogP contribution is -2.53. The molecular weight excluding hydrogens is 362 g/mol. The number of aryl methyl sites for hydroxylation is 1. The maximum atomic E-state index is 12.7. The van der Waals surface area contributed by atoms with Gasteiger partial charge in [0.05, 0.1) is 10.9 Å². The zero-order chi connectivity index (χ0) is 19.4. The Morgan fingerprint density at radius 1 is 1.00 bits per heavy atom. The topological polar surface area (TPSA) is 69.7 Å². The van der Waals surface area contributed by atoms with Gasteiger partial charge in [-0.3, -0.25) is 9.69 Å². The summed E-state index contributed by atoms with van der Waals surface area (Å²) in [5.41, 5.74) is 1.86. The van der Waals surface area contributed by atoms with E-state index in [0.29, 0.717) is 31.1 Å². The molecule has 2 aromatic rings. The van der Waals surface area contributed by atoms with Crippen molar-refractivity contribution in [3.63, 3.8) is 0 Å². The van der Waals surface area contributed by atoms with Crippen molar-refractivity contribution in [1.29, 1.82) is 0 Å². The highest BCUT2D eigenvalue weighted by Crippen LogP contribution is 2.18. The average Bonchev–Trinajstić information content (AvgIpc) is 2.68. The zero-order valence-corrected chi connectivity index (χ0v) is 16.4. The van der Waals surface area contributed by atoms with Gasteiger partial charge in [-0.25, -0.2) is 8.42 Å². The molecule has 0 saturated carbocycles. The number of benzene rings is 2. The Hall–Kier alpha value is -2.22. The quantitative estimate of drug-likeness (QED) is 0.855. The molecule has 0 aromatic heterocycles. The fourth-order valence-corrected chi connectivity index (χ4v) is 4.65. The lowest BCUT2D eigenvalue weighted by atomic mass is 10.2. The molecule has 6 nitrogen and oxygen atoms in total. The summed E-state index contributed by atoms with van der Waals surface area (Å²) >= 11 is 0. The fraction of sp³-hybridized carbons (Fsp3) is 0.350. The van der Waals surface area contributed by atoms with Crippen LogP contribution in [0.25, 0.3) is 0 Å².